The van der Waals surface area contributed by atoms with Crippen LogP contribution in [0.1, 0.15) is 5.56 Å². The van der Waals surface area contributed by atoms with Crippen LogP contribution in [0.5, 0.6) is 5.75 Å². The standard InChI is InChI=1S/C8H7BrClNO3/c1-14-8-2-5(4-10)7(11(12)13)3-6(8)9/h2-3H,4H2,1H3. The molecule has 4 nitrogen and oxygen atoms in total. The lowest BCUT2D eigenvalue weighted by Gasteiger charge is -2.05. The highest BCUT2D eigenvalue weighted by Crippen LogP contribution is 2.33. The van der Waals surface area contributed by atoms with Crippen molar-refractivity contribution in [2.75, 3.05) is 7.11 Å². The average molecular weight is 281 g/mol. The van der Waals surface area contributed by atoms with E-state index in [1.54, 1.807) is 6.07 Å². The van der Waals surface area contributed by atoms with Crippen molar-refractivity contribution in [3.05, 3.63) is 32.3 Å². The largest absolute Gasteiger partial charge is 0.496 e. The van der Waals surface area contributed by atoms with Crippen LogP contribution >= 0.6 is 27.5 Å². The van der Waals surface area contributed by atoms with Crippen LogP contribution in [0.4, 0.5) is 5.69 Å². The summed E-state index contributed by atoms with van der Waals surface area (Å²) in [5, 5.41) is 10.6. The summed E-state index contributed by atoms with van der Waals surface area (Å²) in [5.74, 6) is 0.617. The van der Waals surface area contributed by atoms with E-state index >= 15 is 0 Å². The SMILES string of the molecule is COc1cc(CCl)c([N+](=O)[O-])cc1Br. The van der Waals surface area contributed by atoms with Crippen LogP contribution in [0.15, 0.2) is 16.6 Å². The Balaban J connectivity index is 3.31. The predicted molar refractivity (Wildman–Crippen MR) is 56.9 cm³/mol. The van der Waals surface area contributed by atoms with E-state index in [2.05, 4.69) is 15.9 Å². The number of benzene rings is 1. The normalized spacial score (nSPS) is 9.93. The maximum Gasteiger partial charge on any atom is 0.275 e. The van der Waals surface area contributed by atoms with E-state index in [9.17, 15) is 10.1 Å². The van der Waals surface area contributed by atoms with Gasteiger partial charge in [0.05, 0.1) is 22.4 Å². The van der Waals surface area contributed by atoms with Crippen molar-refractivity contribution in [3.63, 3.8) is 0 Å². The Morgan fingerprint density at radius 3 is 2.71 bits per heavy atom. The highest BCUT2D eigenvalue weighted by Gasteiger charge is 2.16. The number of nitro benzene ring substituents is 1. The minimum atomic E-state index is -0.470. The zero-order chi connectivity index (χ0) is 10.7. The second-order valence-electron chi connectivity index (χ2n) is 2.51. The Morgan fingerprint density at radius 2 is 2.29 bits per heavy atom. The van der Waals surface area contributed by atoms with Crippen LogP contribution in [0.2, 0.25) is 0 Å². The van der Waals surface area contributed by atoms with Gasteiger partial charge in [-0.2, -0.15) is 0 Å². The lowest BCUT2D eigenvalue weighted by molar-refractivity contribution is -0.385. The zero-order valence-electron chi connectivity index (χ0n) is 7.29. The summed E-state index contributed by atoms with van der Waals surface area (Å²) in [6.07, 6.45) is 0. The van der Waals surface area contributed by atoms with Crippen molar-refractivity contribution in [2.24, 2.45) is 0 Å². The molecular formula is C8H7BrClNO3. The van der Waals surface area contributed by atoms with Crippen LogP contribution in [-0.4, -0.2) is 12.0 Å². The van der Waals surface area contributed by atoms with Gasteiger partial charge in [0.1, 0.15) is 5.75 Å². The summed E-state index contributed by atoms with van der Waals surface area (Å²) in [4.78, 5) is 10.1. The van der Waals surface area contributed by atoms with E-state index in [1.807, 2.05) is 0 Å². The van der Waals surface area contributed by atoms with Gasteiger partial charge >= 0.3 is 0 Å². The van der Waals surface area contributed by atoms with Crippen LogP contribution in [0.25, 0.3) is 0 Å². The quantitative estimate of drug-likeness (QED) is 0.485. The van der Waals surface area contributed by atoms with Crippen LogP contribution < -0.4 is 4.74 Å². The lowest BCUT2D eigenvalue weighted by atomic mass is 10.2. The van der Waals surface area contributed by atoms with E-state index in [1.165, 1.54) is 13.2 Å². The van der Waals surface area contributed by atoms with E-state index in [-0.39, 0.29) is 11.6 Å². The molecule has 0 saturated heterocycles. The summed E-state index contributed by atoms with van der Waals surface area (Å²) in [6.45, 7) is 0. The van der Waals surface area contributed by atoms with Crippen LogP contribution in [0, 0.1) is 10.1 Å². The molecule has 0 fully saturated rings. The molecule has 0 N–H and O–H groups in total. The van der Waals surface area contributed by atoms with Gasteiger partial charge < -0.3 is 4.74 Å². The molecular weight excluding hydrogens is 273 g/mol. The minimum absolute atomic E-state index is 0.00678. The van der Waals surface area contributed by atoms with Crippen molar-refractivity contribution in [3.8, 4) is 5.75 Å². The highest BCUT2D eigenvalue weighted by atomic mass is 79.9. The van der Waals surface area contributed by atoms with Gasteiger partial charge in [0.2, 0.25) is 0 Å². The number of alkyl halides is 1. The lowest BCUT2D eigenvalue weighted by Crippen LogP contribution is -1.95. The second kappa shape index (κ2) is 4.61. The number of nitro groups is 1. The molecule has 0 atom stereocenters. The van der Waals surface area contributed by atoms with Gasteiger partial charge in [0, 0.05) is 11.6 Å². The Labute approximate surface area is 94.1 Å². The Bertz CT molecular complexity index is 370. The minimum Gasteiger partial charge on any atom is -0.496 e. The van der Waals surface area contributed by atoms with Crippen molar-refractivity contribution >= 4 is 33.2 Å². The molecule has 1 rings (SSSR count). The fourth-order valence-electron chi connectivity index (χ4n) is 1.02. The zero-order valence-corrected chi connectivity index (χ0v) is 9.63. The summed E-state index contributed by atoms with van der Waals surface area (Å²) in [6, 6.07) is 2.94. The Morgan fingerprint density at radius 1 is 1.64 bits per heavy atom. The first kappa shape index (κ1) is 11.3. The van der Waals surface area contributed by atoms with E-state index in [0.717, 1.165) is 0 Å². The third-order valence-corrected chi connectivity index (χ3v) is 2.60. The monoisotopic (exact) mass is 279 g/mol. The van der Waals surface area contributed by atoms with Crippen molar-refractivity contribution in [2.45, 2.75) is 5.88 Å². The third-order valence-electron chi connectivity index (χ3n) is 1.69. The smallest absolute Gasteiger partial charge is 0.275 e. The molecule has 0 spiro atoms. The van der Waals surface area contributed by atoms with Gasteiger partial charge in [0.15, 0.2) is 0 Å². The van der Waals surface area contributed by atoms with E-state index in [4.69, 9.17) is 16.3 Å². The molecule has 0 heterocycles. The van der Waals surface area contributed by atoms with E-state index in [0.29, 0.717) is 15.8 Å². The Hall–Kier alpha value is -0.810. The molecule has 76 valence electrons. The molecule has 1 aromatic rings. The first-order valence-corrected chi connectivity index (χ1v) is 4.99. The fraction of sp³-hybridized carbons (Fsp3) is 0.250. The molecule has 0 saturated carbocycles. The van der Waals surface area contributed by atoms with Gasteiger partial charge in [-0.1, -0.05) is 0 Å². The van der Waals surface area contributed by atoms with E-state index < -0.39 is 4.92 Å². The molecule has 0 bridgehead atoms. The van der Waals surface area contributed by atoms with Gasteiger partial charge in [-0.3, -0.25) is 10.1 Å². The van der Waals surface area contributed by atoms with Crippen LogP contribution in [0.3, 0.4) is 0 Å². The summed E-state index contributed by atoms with van der Waals surface area (Å²) < 4.78 is 5.54. The molecule has 0 unspecified atom stereocenters. The summed E-state index contributed by atoms with van der Waals surface area (Å²) >= 11 is 8.75. The third kappa shape index (κ3) is 2.16. The number of hydrogen-bond acceptors (Lipinski definition) is 3. The van der Waals surface area contributed by atoms with Crippen molar-refractivity contribution in [1.29, 1.82) is 0 Å². The second-order valence-corrected chi connectivity index (χ2v) is 3.63. The number of nitrogens with zero attached hydrogens (tertiary/aromatic N) is 1. The van der Waals surface area contributed by atoms with Crippen LogP contribution in [-0.2, 0) is 5.88 Å². The molecule has 6 heteroatoms. The van der Waals surface area contributed by atoms with Gasteiger partial charge in [-0.15, -0.1) is 11.6 Å². The maximum absolute atomic E-state index is 10.6. The average Bonchev–Trinajstić information content (AvgIpc) is 2.17. The maximum atomic E-state index is 10.6. The number of rotatable bonds is 3. The first-order chi connectivity index (χ1) is 6.60. The topological polar surface area (TPSA) is 52.4 Å². The number of halogens is 2. The predicted octanol–water partition coefficient (Wildman–Crippen LogP) is 3.10. The summed E-state index contributed by atoms with van der Waals surface area (Å²) in [7, 11) is 1.49. The van der Waals surface area contributed by atoms with Crippen molar-refractivity contribution in [1.82, 2.24) is 0 Å². The van der Waals surface area contributed by atoms with Gasteiger partial charge in [-0.05, 0) is 22.0 Å². The molecule has 0 aliphatic rings. The number of hydrogen-bond donors (Lipinski definition) is 0. The highest BCUT2D eigenvalue weighted by molar-refractivity contribution is 9.10. The molecule has 0 amide bonds. The van der Waals surface area contributed by atoms with Gasteiger partial charge in [-0.25, -0.2) is 0 Å². The number of ether oxygens (including phenoxy) is 1. The van der Waals surface area contributed by atoms with Crippen molar-refractivity contribution < 1.29 is 9.66 Å². The molecule has 1 aromatic carbocycles. The molecule has 0 aliphatic heterocycles. The summed E-state index contributed by atoms with van der Waals surface area (Å²) in [5.41, 5.74) is 0.435. The fourth-order valence-corrected chi connectivity index (χ4v) is 1.73. The number of methoxy groups -OCH3 is 1. The molecule has 0 aromatic heterocycles. The first-order valence-electron chi connectivity index (χ1n) is 3.67. The Kier molecular flexibility index (Phi) is 3.71. The van der Waals surface area contributed by atoms with Gasteiger partial charge in [0.25, 0.3) is 5.69 Å². The molecule has 0 radical (unpaired) electrons. The molecule has 0 aliphatic carbocycles. The molecule has 14 heavy (non-hydrogen) atoms.